The highest BCUT2D eigenvalue weighted by Crippen LogP contribution is 2.31. The lowest BCUT2D eigenvalue weighted by atomic mass is 9.95. The summed E-state index contributed by atoms with van der Waals surface area (Å²) < 4.78 is 5.86. The molecule has 0 spiro atoms. The van der Waals surface area contributed by atoms with Crippen molar-refractivity contribution in [2.75, 3.05) is 39.8 Å². The van der Waals surface area contributed by atoms with E-state index in [1.54, 1.807) is 0 Å². The molecule has 3 rings (SSSR count). The summed E-state index contributed by atoms with van der Waals surface area (Å²) in [6.07, 6.45) is 1.15. The zero-order valence-electron chi connectivity index (χ0n) is 11.6. The minimum Gasteiger partial charge on any atom is -0.492 e. The van der Waals surface area contributed by atoms with Crippen LogP contribution in [0.2, 0.25) is 0 Å². The maximum atomic E-state index is 6.12. The van der Waals surface area contributed by atoms with E-state index in [0.29, 0.717) is 0 Å². The number of nitrogens with zero attached hydrogens (tertiary/aromatic N) is 2. The van der Waals surface area contributed by atoms with Crippen molar-refractivity contribution in [3.63, 3.8) is 0 Å². The van der Waals surface area contributed by atoms with Gasteiger partial charge in [-0.2, -0.15) is 0 Å². The van der Waals surface area contributed by atoms with Gasteiger partial charge in [-0.1, -0.05) is 18.2 Å². The topological polar surface area (TPSA) is 41.7 Å². The lowest BCUT2D eigenvalue weighted by molar-refractivity contribution is 0.0860. The number of likely N-dealkylation sites (tertiary alicyclic amines) is 1. The van der Waals surface area contributed by atoms with Crippen molar-refractivity contribution in [1.82, 2.24) is 9.80 Å². The molecule has 0 saturated carbocycles. The zero-order valence-corrected chi connectivity index (χ0v) is 11.6. The number of ether oxygens (including phenoxy) is 1. The van der Waals surface area contributed by atoms with Gasteiger partial charge in [-0.05, 0) is 26.1 Å². The predicted octanol–water partition coefficient (Wildman–Crippen LogP) is 0.914. The molecule has 1 atom stereocenters. The van der Waals surface area contributed by atoms with Crippen LogP contribution in [0, 0.1) is 0 Å². The molecule has 0 amide bonds. The standard InChI is InChI=1S/C15H23N3O/c1-17-7-6-15(11-16,12-17)18-8-9-19-14-5-3-2-4-13(14)10-18/h2-5H,6-12,16H2,1H3. The van der Waals surface area contributed by atoms with E-state index < -0.39 is 0 Å². The van der Waals surface area contributed by atoms with Gasteiger partial charge in [0.25, 0.3) is 0 Å². The smallest absolute Gasteiger partial charge is 0.123 e. The highest BCUT2D eigenvalue weighted by Gasteiger charge is 2.41. The summed E-state index contributed by atoms with van der Waals surface area (Å²) in [5.74, 6) is 1.03. The monoisotopic (exact) mass is 261 g/mol. The largest absolute Gasteiger partial charge is 0.492 e. The fourth-order valence-corrected chi connectivity index (χ4v) is 3.34. The van der Waals surface area contributed by atoms with Crippen LogP contribution < -0.4 is 10.5 Å². The minimum absolute atomic E-state index is 0.121. The van der Waals surface area contributed by atoms with Crippen LogP contribution in [0.1, 0.15) is 12.0 Å². The van der Waals surface area contributed by atoms with Crippen molar-refractivity contribution in [1.29, 1.82) is 0 Å². The van der Waals surface area contributed by atoms with Gasteiger partial charge in [-0.15, -0.1) is 0 Å². The Hall–Kier alpha value is -1.10. The van der Waals surface area contributed by atoms with E-state index in [4.69, 9.17) is 10.5 Å². The Morgan fingerprint density at radius 1 is 1.32 bits per heavy atom. The van der Waals surface area contributed by atoms with Crippen LogP contribution in [0.4, 0.5) is 0 Å². The van der Waals surface area contributed by atoms with Crippen molar-refractivity contribution in [3.05, 3.63) is 29.8 Å². The number of hydrogen-bond donors (Lipinski definition) is 1. The van der Waals surface area contributed by atoms with Gasteiger partial charge in [-0.25, -0.2) is 0 Å². The van der Waals surface area contributed by atoms with E-state index in [1.807, 2.05) is 6.07 Å². The highest BCUT2D eigenvalue weighted by atomic mass is 16.5. The third-order valence-corrected chi connectivity index (χ3v) is 4.53. The van der Waals surface area contributed by atoms with Gasteiger partial charge < -0.3 is 15.4 Å². The molecule has 4 heteroatoms. The summed E-state index contributed by atoms with van der Waals surface area (Å²) in [6, 6.07) is 8.35. The van der Waals surface area contributed by atoms with Gasteiger partial charge in [0.15, 0.2) is 0 Å². The van der Waals surface area contributed by atoms with E-state index in [0.717, 1.165) is 51.5 Å². The number of benzene rings is 1. The van der Waals surface area contributed by atoms with Crippen molar-refractivity contribution >= 4 is 0 Å². The average molecular weight is 261 g/mol. The first kappa shape index (κ1) is 12.9. The summed E-state index contributed by atoms with van der Waals surface area (Å²) in [4.78, 5) is 4.91. The minimum atomic E-state index is 0.121. The van der Waals surface area contributed by atoms with E-state index in [1.165, 1.54) is 5.56 Å². The third-order valence-electron chi connectivity index (χ3n) is 4.53. The van der Waals surface area contributed by atoms with Crippen LogP contribution in [0.15, 0.2) is 24.3 Å². The van der Waals surface area contributed by atoms with E-state index >= 15 is 0 Å². The number of rotatable bonds is 2. The molecule has 1 aromatic rings. The number of likely N-dealkylation sites (N-methyl/N-ethyl adjacent to an activating group) is 1. The Morgan fingerprint density at radius 2 is 2.16 bits per heavy atom. The summed E-state index contributed by atoms with van der Waals surface area (Å²) in [7, 11) is 2.18. The van der Waals surface area contributed by atoms with Crippen LogP contribution in [0.25, 0.3) is 0 Å². The van der Waals surface area contributed by atoms with Gasteiger partial charge in [0, 0.05) is 37.3 Å². The molecule has 2 aliphatic heterocycles. The Bertz CT molecular complexity index is 451. The van der Waals surface area contributed by atoms with Crippen molar-refractivity contribution in [2.24, 2.45) is 5.73 Å². The van der Waals surface area contributed by atoms with Crippen molar-refractivity contribution < 1.29 is 4.74 Å². The quantitative estimate of drug-likeness (QED) is 0.859. The Kier molecular flexibility index (Phi) is 3.48. The molecule has 1 fully saturated rings. The number of nitrogens with two attached hydrogens (primary N) is 1. The second kappa shape index (κ2) is 5.12. The number of fused-ring (bicyclic) bond motifs is 1. The van der Waals surface area contributed by atoms with Crippen LogP contribution in [0.3, 0.4) is 0 Å². The molecule has 0 bridgehead atoms. The normalized spacial score (nSPS) is 28.7. The molecule has 1 aromatic carbocycles. The van der Waals surface area contributed by atoms with Gasteiger partial charge in [-0.3, -0.25) is 4.90 Å². The van der Waals surface area contributed by atoms with Gasteiger partial charge in [0.2, 0.25) is 0 Å². The molecule has 1 unspecified atom stereocenters. The molecule has 0 radical (unpaired) electrons. The first-order valence-electron chi connectivity index (χ1n) is 7.08. The number of hydrogen-bond acceptors (Lipinski definition) is 4. The van der Waals surface area contributed by atoms with Crippen LogP contribution in [-0.2, 0) is 6.54 Å². The lowest BCUT2D eigenvalue weighted by Crippen LogP contribution is -2.55. The zero-order chi connectivity index (χ0) is 13.3. The number of para-hydroxylation sites is 1. The van der Waals surface area contributed by atoms with E-state index in [9.17, 15) is 0 Å². The fraction of sp³-hybridized carbons (Fsp3) is 0.600. The molecule has 2 N–H and O–H groups in total. The second-order valence-corrected chi connectivity index (χ2v) is 5.79. The SMILES string of the molecule is CN1CCC(CN)(N2CCOc3ccccc3C2)C1. The summed E-state index contributed by atoms with van der Waals surface area (Å²) >= 11 is 0. The summed E-state index contributed by atoms with van der Waals surface area (Å²) in [5, 5.41) is 0. The molecule has 4 nitrogen and oxygen atoms in total. The molecule has 104 valence electrons. The Labute approximate surface area is 115 Å². The molecule has 0 aromatic heterocycles. The molecular formula is C15H23N3O. The molecule has 2 aliphatic rings. The molecule has 19 heavy (non-hydrogen) atoms. The van der Waals surface area contributed by atoms with Crippen LogP contribution in [0.5, 0.6) is 5.75 Å². The second-order valence-electron chi connectivity index (χ2n) is 5.79. The maximum absolute atomic E-state index is 6.12. The highest BCUT2D eigenvalue weighted by molar-refractivity contribution is 5.34. The van der Waals surface area contributed by atoms with Crippen LogP contribution >= 0.6 is 0 Å². The van der Waals surface area contributed by atoms with Crippen LogP contribution in [-0.4, -0.2) is 55.2 Å². The average Bonchev–Trinajstić information content (AvgIpc) is 2.69. The van der Waals surface area contributed by atoms with Gasteiger partial charge >= 0.3 is 0 Å². The maximum Gasteiger partial charge on any atom is 0.123 e. The molecular weight excluding hydrogens is 238 g/mol. The molecule has 2 heterocycles. The Balaban J connectivity index is 1.85. The van der Waals surface area contributed by atoms with Crippen molar-refractivity contribution in [2.45, 2.75) is 18.5 Å². The third kappa shape index (κ3) is 2.36. The Morgan fingerprint density at radius 3 is 2.89 bits per heavy atom. The fourth-order valence-electron chi connectivity index (χ4n) is 3.34. The van der Waals surface area contributed by atoms with E-state index in [-0.39, 0.29) is 5.54 Å². The first-order valence-corrected chi connectivity index (χ1v) is 7.08. The molecule has 1 saturated heterocycles. The first-order chi connectivity index (χ1) is 9.23. The van der Waals surface area contributed by atoms with E-state index in [2.05, 4.69) is 35.0 Å². The van der Waals surface area contributed by atoms with Gasteiger partial charge in [0.1, 0.15) is 12.4 Å². The summed E-state index contributed by atoms with van der Waals surface area (Å²) in [6.45, 7) is 5.57. The molecule has 0 aliphatic carbocycles. The van der Waals surface area contributed by atoms with Crippen molar-refractivity contribution in [3.8, 4) is 5.75 Å². The lowest BCUT2D eigenvalue weighted by Gasteiger charge is -2.39. The summed E-state index contributed by atoms with van der Waals surface area (Å²) in [5.41, 5.74) is 7.52. The van der Waals surface area contributed by atoms with Gasteiger partial charge in [0.05, 0.1) is 0 Å². The predicted molar refractivity (Wildman–Crippen MR) is 76.2 cm³/mol.